The van der Waals surface area contributed by atoms with E-state index in [0.29, 0.717) is 11.7 Å². The monoisotopic (exact) mass is 192 g/mol. The van der Waals surface area contributed by atoms with Gasteiger partial charge < -0.3 is 15.7 Å². The number of aromatic hydroxyl groups is 1. The Bertz CT molecular complexity index is 325. The normalized spacial score (nSPS) is 19.9. The highest BCUT2D eigenvalue weighted by Gasteiger charge is 2.20. The topological polar surface area (TPSA) is 44.3 Å². The molecule has 76 valence electrons. The molecule has 1 unspecified atom stereocenters. The molecule has 0 fully saturated rings. The molecule has 3 heteroatoms. The number of para-hydroxylation sites is 1. The van der Waals surface area contributed by atoms with E-state index < -0.39 is 0 Å². The molecule has 0 aromatic heterocycles. The van der Waals surface area contributed by atoms with E-state index in [9.17, 15) is 5.11 Å². The molecule has 0 radical (unpaired) electrons. The number of rotatable bonds is 2. The van der Waals surface area contributed by atoms with E-state index in [1.54, 1.807) is 6.07 Å². The molecule has 1 aromatic carbocycles. The average Bonchev–Trinajstić information content (AvgIpc) is 2.20. The van der Waals surface area contributed by atoms with Crippen LogP contribution < -0.4 is 10.6 Å². The van der Waals surface area contributed by atoms with Gasteiger partial charge in [-0.1, -0.05) is 12.1 Å². The molecule has 1 aromatic rings. The van der Waals surface area contributed by atoms with Gasteiger partial charge in [-0.15, -0.1) is 0 Å². The Kier molecular flexibility index (Phi) is 2.59. The van der Waals surface area contributed by atoms with Crippen LogP contribution in [-0.2, 0) is 0 Å². The largest absolute Gasteiger partial charge is 0.506 e. The van der Waals surface area contributed by atoms with E-state index in [4.69, 9.17) is 0 Å². The molecular weight excluding hydrogens is 176 g/mol. The zero-order valence-corrected chi connectivity index (χ0v) is 8.38. The van der Waals surface area contributed by atoms with Crippen molar-refractivity contribution in [1.82, 2.24) is 5.32 Å². The molecule has 1 aliphatic rings. The SMILES string of the molecule is CNCC1CCNc2c(O)cccc21. The summed E-state index contributed by atoms with van der Waals surface area (Å²) in [5, 5.41) is 16.1. The van der Waals surface area contributed by atoms with Crippen molar-refractivity contribution in [3.63, 3.8) is 0 Å². The fourth-order valence-corrected chi connectivity index (χ4v) is 2.08. The van der Waals surface area contributed by atoms with Gasteiger partial charge in [0.25, 0.3) is 0 Å². The van der Waals surface area contributed by atoms with Crippen LogP contribution in [0.25, 0.3) is 0 Å². The molecule has 14 heavy (non-hydrogen) atoms. The standard InChI is InChI=1S/C11H16N2O/c1-12-7-8-5-6-13-11-9(8)3-2-4-10(11)14/h2-4,8,12-14H,5-7H2,1H3. The molecule has 2 rings (SSSR count). The second kappa shape index (κ2) is 3.88. The van der Waals surface area contributed by atoms with Crippen LogP contribution in [0.1, 0.15) is 17.9 Å². The number of fused-ring (bicyclic) bond motifs is 1. The zero-order chi connectivity index (χ0) is 9.97. The molecule has 0 saturated carbocycles. The Balaban J connectivity index is 2.34. The third-order valence-electron chi connectivity index (χ3n) is 2.76. The molecule has 1 atom stereocenters. The van der Waals surface area contributed by atoms with Crippen molar-refractivity contribution in [2.75, 3.05) is 25.5 Å². The lowest BCUT2D eigenvalue weighted by molar-refractivity contribution is 0.472. The molecular formula is C11H16N2O. The summed E-state index contributed by atoms with van der Waals surface area (Å²) in [7, 11) is 1.96. The highest BCUT2D eigenvalue weighted by atomic mass is 16.3. The van der Waals surface area contributed by atoms with Crippen LogP contribution in [0.4, 0.5) is 5.69 Å². The van der Waals surface area contributed by atoms with Crippen molar-refractivity contribution in [3.8, 4) is 5.75 Å². The number of nitrogens with one attached hydrogen (secondary N) is 2. The lowest BCUT2D eigenvalue weighted by atomic mass is 9.90. The highest BCUT2D eigenvalue weighted by Crippen LogP contribution is 2.36. The van der Waals surface area contributed by atoms with E-state index in [2.05, 4.69) is 16.7 Å². The molecule has 0 saturated heterocycles. The number of hydrogen-bond acceptors (Lipinski definition) is 3. The Morgan fingerprint density at radius 2 is 2.43 bits per heavy atom. The second-order valence-electron chi connectivity index (χ2n) is 3.71. The van der Waals surface area contributed by atoms with Gasteiger partial charge in [0.05, 0.1) is 5.69 Å². The minimum absolute atomic E-state index is 0.364. The summed E-state index contributed by atoms with van der Waals surface area (Å²) >= 11 is 0. The minimum atomic E-state index is 0.364. The van der Waals surface area contributed by atoms with Gasteiger partial charge in [0.1, 0.15) is 5.75 Å². The van der Waals surface area contributed by atoms with Gasteiger partial charge in [-0.05, 0) is 25.1 Å². The van der Waals surface area contributed by atoms with Crippen LogP contribution >= 0.6 is 0 Å². The zero-order valence-electron chi connectivity index (χ0n) is 8.38. The maximum absolute atomic E-state index is 9.66. The number of benzene rings is 1. The maximum Gasteiger partial charge on any atom is 0.138 e. The van der Waals surface area contributed by atoms with Gasteiger partial charge in [-0.2, -0.15) is 0 Å². The summed E-state index contributed by atoms with van der Waals surface area (Å²) in [5.74, 6) is 0.881. The smallest absolute Gasteiger partial charge is 0.138 e. The molecule has 0 bridgehead atoms. The van der Waals surface area contributed by atoms with E-state index in [0.717, 1.165) is 25.2 Å². The number of phenolic OH excluding ortho intramolecular Hbond substituents is 1. The Labute approximate surface area is 84.1 Å². The van der Waals surface area contributed by atoms with Gasteiger partial charge in [-0.25, -0.2) is 0 Å². The van der Waals surface area contributed by atoms with Gasteiger partial charge in [0.15, 0.2) is 0 Å². The van der Waals surface area contributed by atoms with Crippen molar-refractivity contribution in [3.05, 3.63) is 23.8 Å². The third kappa shape index (κ3) is 1.55. The van der Waals surface area contributed by atoms with Crippen LogP contribution in [-0.4, -0.2) is 25.2 Å². The molecule has 1 heterocycles. The molecule has 1 aliphatic heterocycles. The molecule has 0 amide bonds. The molecule has 0 spiro atoms. The fourth-order valence-electron chi connectivity index (χ4n) is 2.08. The van der Waals surface area contributed by atoms with Crippen molar-refractivity contribution >= 4 is 5.69 Å². The van der Waals surface area contributed by atoms with Crippen molar-refractivity contribution < 1.29 is 5.11 Å². The van der Waals surface area contributed by atoms with Gasteiger partial charge in [0, 0.05) is 19.0 Å². The Hall–Kier alpha value is -1.22. The number of phenols is 1. The predicted molar refractivity (Wildman–Crippen MR) is 57.9 cm³/mol. The summed E-state index contributed by atoms with van der Waals surface area (Å²) in [6.07, 6.45) is 1.12. The number of anilines is 1. The maximum atomic E-state index is 9.66. The number of hydrogen-bond donors (Lipinski definition) is 3. The average molecular weight is 192 g/mol. The van der Waals surface area contributed by atoms with Crippen LogP contribution in [0.15, 0.2) is 18.2 Å². The van der Waals surface area contributed by atoms with E-state index in [1.807, 2.05) is 13.1 Å². The quantitative estimate of drug-likeness (QED) is 0.622. The first-order valence-electron chi connectivity index (χ1n) is 5.03. The van der Waals surface area contributed by atoms with Gasteiger partial charge >= 0.3 is 0 Å². The summed E-state index contributed by atoms with van der Waals surface area (Å²) in [4.78, 5) is 0. The third-order valence-corrected chi connectivity index (χ3v) is 2.76. The lowest BCUT2D eigenvalue weighted by Crippen LogP contribution is -2.24. The highest BCUT2D eigenvalue weighted by molar-refractivity contribution is 5.64. The summed E-state index contributed by atoms with van der Waals surface area (Å²) in [6, 6.07) is 5.72. The predicted octanol–water partition coefficient (Wildman–Crippen LogP) is 1.51. The second-order valence-corrected chi connectivity index (χ2v) is 3.71. The lowest BCUT2D eigenvalue weighted by Gasteiger charge is -2.27. The van der Waals surface area contributed by atoms with E-state index in [-0.39, 0.29) is 0 Å². The molecule has 3 N–H and O–H groups in total. The first kappa shape index (κ1) is 9.34. The van der Waals surface area contributed by atoms with Crippen LogP contribution in [0.2, 0.25) is 0 Å². The fraction of sp³-hybridized carbons (Fsp3) is 0.455. The van der Waals surface area contributed by atoms with Crippen molar-refractivity contribution in [2.45, 2.75) is 12.3 Å². The van der Waals surface area contributed by atoms with Gasteiger partial charge in [0.2, 0.25) is 0 Å². The van der Waals surface area contributed by atoms with Crippen LogP contribution in [0.5, 0.6) is 5.75 Å². The molecule has 3 nitrogen and oxygen atoms in total. The first-order valence-corrected chi connectivity index (χ1v) is 5.03. The van der Waals surface area contributed by atoms with Gasteiger partial charge in [-0.3, -0.25) is 0 Å². The molecule has 0 aliphatic carbocycles. The summed E-state index contributed by atoms with van der Waals surface area (Å²) in [6.45, 7) is 1.91. The van der Waals surface area contributed by atoms with Crippen molar-refractivity contribution in [1.29, 1.82) is 0 Å². The van der Waals surface area contributed by atoms with Crippen LogP contribution in [0.3, 0.4) is 0 Å². The Morgan fingerprint density at radius 1 is 1.57 bits per heavy atom. The summed E-state index contributed by atoms with van der Waals surface area (Å²) in [5.41, 5.74) is 2.14. The van der Waals surface area contributed by atoms with Crippen LogP contribution in [0, 0.1) is 0 Å². The Morgan fingerprint density at radius 3 is 3.21 bits per heavy atom. The van der Waals surface area contributed by atoms with E-state index in [1.165, 1.54) is 5.56 Å². The van der Waals surface area contributed by atoms with Crippen molar-refractivity contribution in [2.24, 2.45) is 0 Å². The number of likely N-dealkylation sites (N-methyl/N-ethyl adjacent to an activating group) is 1. The summed E-state index contributed by atoms with van der Waals surface area (Å²) < 4.78 is 0. The minimum Gasteiger partial charge on any atom is -0.506 e. The first-order chi connectivity index (χ1) is 6.83. The van der Waals surface area contributed by atoms with E-state index >= 15 is 0 Å².